The molecule has 0 saturated heterocycles. The van der Waals surface area contributed by atoms with E-state index in [2.05, 4.69) is 11.4 Å². The fraction of sp³-hybridized carbons (Fsp3) is 0.278. The van der Waals surface area contributed by atoms with E-state index in [-0.39, 0.29) is 5.91 Å². The fourth-order valence-electron chi connectivity index (χ4n) is 3.11. The van der Waals surface area contributed by atoms with Crippen molar-refractivity contribution in [1.82, 2.24) is 5.32 Å². The van der Waals surface area contributed by atoms with Gasteiger partial charge in [0.15, 0.2) is 0 Å². The van der Waals surface area contributed by atoms with Crippen molar-refractivity contribution in [3.63, 3.8) is 0 Å². The van der Waals surface area contributed by atoms with Crippen LogP contribution in [0.1, 0.15) is 34.3 Å². The zero-order valence-corrected chi connectivity index (χ0v) is 12.3. The van der Waals surface area contributed by atoms with Crippen LogP contribution in [0.3, 0.4) is 0 Å². The van der Waals surface area contributed by atoms with Gasteiger partial charge in [-0.15, -0.1) is 0 Å². The molecule has 2 aromatic rings. The van der Waals surface area contributed by atoms with Crippen LogP contribution < -0.4 is 11.1 Å². The van der Waals surface area contributed by atoms with E-state index in [0.29, 0.717) is 5.56 Å². The number of fused-ring (bicyclic) bond motifs is 1. The Hall–Kier alpha value is -2.29. The highest BCUT2D eigenvalue weighted by atomic mass is 16.1. The molecule has 1 aliphatic rings. The van der Waals surface area contributed by atoms with Crippen LogP contribution in [0, 0.1) is 0 Å². The lowest BCUT2D eigenvalue weighted by Gasteiger charge is -2.21. The number of amides is 1. The molecule has 3 heteroatoms. The van der Waals surface area contributed by atoms with Gasteiger partial charge in [0, 0.05) is 18.3 Å². The van der Waals surface area contributed by atoms with E-state index < -0.39 is 0 Å². The Labute approximate surface area is 125 Å². The number of carbonyl (C=O) groups excluding carboxylic acids is 1. The van der Waals surface area contributed by atoms with Gasteiger partial charge in [0.25, 0.3) is 5.91 Å². The molecule has 108 valence electrons. The first-order valence-corrected chi connectivity index (χ1v) is 7.43. The van der Waals surface area contributed by atoms with E-state index in [1.807, 2.05) is 30.3 Å². The van der Waals surface area contributed by atoms with Crippen LogP contribution in [0.15, 0.2) is 36.4 Å². The first kappa shape index (κ1) is 13.7. The molecular formula is C18H20N2O. The summed E-state index contributed by atoms with van der Waals surface area (Å²) in [4.78, 5) is 11.6. The largest absolute Gasteiger partial charge is 0.398 e. The third kappa shape index (κ3) is 2.51. The number of nitrogens with one attached hydrogen (secondary N) is 1. The van der Waals surface area contributed by atoms with Crippen LogP contribution in [0.2, 0.25) is 0 Å². The molecule has 0 heterocycles. The van der Waals surface area contributed by atoms with Crippen molar-refractivity contribution in [3.8, 4) is 11.1 Å². The fourth-order valence-corrected chi connectivity index (χ4v) is 3.11. The summed E-state index contributed by atoms with van der Waals surface area (Å²) in [5.41, 5.74) is 12.8. The van der Waals surface area contributed by atoms with Gasteiger partial charge < -0.3 is 11.1 Å². The number of nitrogens with two attached hydrogens (primary N) is 1. The molecule has 0 fully saturated rings. The minimum absolute atomic E-state index is 0.0547. The molecule has 1 aliphatic carbocycles. The van der Waals surface area contributed by atoms with Gasteiger partial charge in [-0.1, -0.05) is 18.2 Å². The van der Waals surface area contributed by atoms with Crippen LogP contribution >= 0.6 is 0 Å². The zero-order chi connectivity index (χ0) is 14.8. The predicted molar refractivity (Wildman–Crippen MR) is 86.3 cm³/mol. The second-order valence-corrected chi connectivity index (χ2v) is 5.52. The van der Waals surface area contributed by atoms with E-state index in [9.17, 15) is 4.79 Å². The van der Waals surface area contributed by atoms with Crippen LogP contribution in [0.4, 0.5) is 5.69 Å². The van der Waals surface area contributed by atoms with Crippen LogP contribution in [0.5, 0.6) is 0 Å². The molecule has 21 heavy (non-hydrogen) atoms. The van der Waals surface area contributed by atoms with Gasteiger partial charge in [-0.2, -0.15) is 0 Å². The van der Waals surface area contributed by atoms with Crippen molar-refractivity contribution in [3.05, 3.63) is 53.1 Å². The lowest BCUT2D eigenvalue weighted by Crippen LogP contribution is -2.17. The van der Waals surface area contributed by atoms with E-state index in [0.717, 1.165) is 24.1 Å². The molecule has 0 unspecified atom stereocenters. The molecule has 3 nitrogen and oxygen atoms in total. The van der Waals surface area contributed by atoms with Gasteiger partial charge in [-0.25, -0.2) is 0 Å². The van der Waals surface area contributed by atoms with Crippen LogP contribution in [0.25, 0.3) is 11.1 Å². The quantitative estimate of drug-likeness (QED) is 0.830. The molecule has 0 aliphatic heterocycles. The maximum Gasteiger partial charge on any atom is 0.251 e. The molecule has 1 amide bonds. The predicted octanol–water partition coefficient (Wildman–Crippen LogP) is 3.17. The third-order valence-corrected chi connectivity index (χ3v) is 4.26. The second kappa shape index (κ2) is 5.60. The normalized spacial score (nSPS) is 13.6. The van der Waals surface area contributed by atoms with Crippen molar-refractivity contribution in [2.75, 3.05) is 12.8 Å². The zero-order valence-electron chi connectivity index (χ0n) is 12.3. The summed E-state index contributed by atoms with van der Waals surface area (Å²) in [5.74, 6) is -0.0547. The molecular weight excluding hydrogens is 260 g/mol. The number of carbonyl (C=O) groups is 1. The minimum Gasteiger partial charge on any atom is -0.398 e. The Morgan fingerprint density at radius 1 is 1.00 bits per heavy atom. The molecule has 0 bridgehead atoms. The van der Waals surface area contributed by atoms with Crippen molar-refractivity contribution >= 4 is 11.6 Å². The summed E-state index contributed by atoms with van der Waals surface area (Å²) in [6.45, 7) is 0. The van der Waals surface area contributed by atoms with E-state index >= 15 is 0 Å². The molecule has 0 spiro atoms. The van der Waals surface area contributed by atoms with Crippen molar-refractivity contribution in [1.29, 1.82) is 0 Å². The van der Waals surface area contributed by atoms with E-state index in [4.69, 9.17) is 5.73 Å². The van der Waals surface area contributed by atoms with Gasteiger partial charge in [0.2, 0.25) is 0 Å². The molecule has 0 radical (unpaired) electrons. The van der Waals surface area contributed by atoms with Crippen molar-refractivity contribution < 1.29 is 4.79 Å². The Morgan fingerprint density at radius 3 is 2.33 bits per heavy atom. The van der Waals surface area contributed by atoms with Crippen molar-refractivity contribution in [2.45, 2.75) is 25.7 Å². The number of hydrogen-bond donors (Lipinski definition) is 2. The lowest BCUT2D eigenvalue weighted by atomic mass is 9.85. The van der Waals surface area contributed by atoms with Gasteiger partial charge in [-0.05, 0) is 66.1 Å². The molecule has 0 aromatic heterocycles. The summed E-state index contributed by atoms with van der Waals surface area (Å²) in [5, 5.41) is 2.64. The average Bonchev–Trinajstić information content (AvgIpc) is 2.55. The maximum absolute atomic E-state index is 11.6. The van der Waals surface area contributed by atoms with Gasteiger partial charge >= 0.3 is 0 Å². The Morgan fingerprint density at radius 2 is 1.67 bits per heavy atom. The van der Waals surface area contributed by atoms with E-state index in [1.54, 1.807) is 7.05 Å². The number of nitrogen functional groups attached to an aromatic ring is 1. The number of hydrogen-bond acceptors (Lipinski definition) is 2. The summed E-state index contributed by atoms with van der Waals surface area (Å²) >= 11 is 0. The minimum atomic E-state index is -0.0547. The smallest absolute Gasteiger partial charge is 0.251 e. The first-order chi connectivity index (χ1) is 10.2. The highest BCUT2D eigenvalue weighted by Gasteiger charge is 2.16. The van der Waals surface area contributed by atoms with Crippen molar-refractivity contribution in [2.24, 2.45) is 0 Å². The number of benzene rings is 2. The summed E-state index contributed by atoms with van der Waals surface area (Å²) < 4.78 is 0. The van der Waals surface area contributed by atoms with E-state index in [1.165, 1.54) is 29.5 Å². The third-order valence-electron chi connectivity index (χ3n) is 4.26. The van der Waals surface area contributed by atoms with Gasteiger partial charge in [-0.3, -0.25) is 4.79 Å². The monoisotopic (exact) mass is 280 g/mol. The Bertz CT molecular complexity index is 674. The lowest BCUT2D eigenvalue weighted by molar-refractivity contribution is 0.0963. The first-order valence-electron chi connectivity index (χ1n) is 7.43. The number of rotatable bonds is 2. The maximum atomic E-state index is 11.6. The number of anilines is 1. The van der Waals surface area contributed by atoms with Gasteiger partial charge in [0.1, 0.15) is 0 Å². The Balaban J connectivity index is 2.03. The summed E-state index contributed by atoms with van der Waals surface area (Å²) in [7, 11) is 1.65. The molecule has 0 atom stereocenters. The highest BCUT2D eigenvalue weighted by molar-refractivity contribution is 5.94. The Kier molecular flexibility index (Phi) is 3.65. The van der Waals surface area contributed by atoms with Gasteiger partial charge in [0.05, 0.1) is 0 Å². The highest BCUT2D eigenvalue weighted by Crippen LogP contribution is 2.34. The summed E-state index contributed by atoms with van der Waals surface area (Å²) in [6, 6.07) is 11.9. The standard InChI is InChI=1S/C18H20N2O/c1-20-18(21)13-8-6-12(7-9-13)14-10-11-17(19)16-5-3-2-4-15(14)16/h6-11H,2-5,19H2,1H3,(H,20,21). The summed E-state index contributed by atoms with van der Waals surface area (Å²) in [6.07, 6.45) is 4.61. The molecule has 2 aromatic carbocycles. The molecule has 3 N–H and O–H groups in total. The molecule has 0 saturated carbocycles. The second-order valence-electron chi connectivity index (χ2n) is 5.52. The average molecular weight is 280 g/mol. The van der Waals surface area contributed by atoms with Crippen LogP contribution in [-0.4, -0.2) is 13.0 Å². The topological polar surface area (TPSA) is 55.1 Å². The SMILES string of the molecule is CNC(=O)c1ccc(-c2ccc(N)c3c2CCCC3)cc1. The van der Waals surface area contributed by atoms with Crippen LogP contribution in [-0.2, 0) is 12.8 Å². The molecule has 3 rings (SSSR count).